The maximum Gasteiger partial charge on any atom is 0.191 e. The summed E-state index contributed by atoms with van der Waals surface area (Å²) in [7, 11) is 2.06. The van der Waals surface area contributed by atoms with E-state index in [-0.39, 0.29) is 0 Å². The van der Waals surface area contributed by atoms with Crippen molar-refractivity contribution in [3.63, 3.8) is 0 Å². The highest BCUT2D eigenvalue weighted by molar-refractivity contribution is 5.78. The molecule has 0 radical (unpaired) electrons. The third-order valence-electron chi connectivity index (χ3n) is 5.08. The van der Waals surface area contributed by atoms with E-state index in [1.165, 1.54) is 18.4 Å². The molecule has 1 aromatic carbocycles. The number of aliphatic imine (C=N–C) groups is 1. The van der Waals surface area contributed by atoms with Gasteiger partial charge in [-0.3, -0.25) is 9.89 Å². The van der Waals surface area contributed by atoms with Crippen molar-refractivity contribution < 1.29 is 0 Å². The van der Waals surface area contributed by atoms with E-state index in [9.17, 15) is 0 Å². The molecule has 0 bridgehead atoms. The van der Waals surface area contributed by atoms with Crippen LogP contribution in [0.15, 0.2) is 35.3 Å². The molecule has 2 aliphatic rings. The molecule has 0 unspecified atom stereocenters. The zero-order valence-corrected chi connectivity index (χ0v) is 14.9. The maximum absolute atomic E-state index is 6.02. The van der Waals surface area contributed by atoms with Crippen LogP contribution in [-0.4, -0.2) is 73.0 Å². The van der Waals surface area contributed by atoms with Crippen LogP contribution >= 0.6 is 0 Å². The van der Waals surface area contributed by atoms with Gasteiger partial charge in [-0.05, 0) is 24.8 Å². The lowest BCUT2D eigenvalue weighted by atomic mass is 10.2. The first-order chi connectivity index (χ1) is 11.7. The van der Waals surface area contributed by atoms with Crippen molar-refractivity contribution in [1.29, 1.82) is 0 Å². The van der Waals surface area contributed by atoms with Crippen LogP contribution in [0.1, 0.15) is 24.8 Å². The molecule has 0 spiro atoms. The zero-order chi connectivity index (χ0) is 16.8. The number of piperazine rings is 1. The number of nitrogens with two attached hydrogens (primary N) is 1. The van der Waals surface area contributed by atoms with Gasteiger partial charge in [0.25, 0.3) is 0 Å². The van der Waals surface area contributed by atoms with E-state index in [2.05, 4.69) is 57.1 Å². The minimum Gasteiger partial charge on any atom is -0.370 e. The first-order valence-corrected chi connectivity index (χ1v) is 9.24. The normalized spacial score (nSPS) is 20.3. The molecule has 5 heteroatoms. The minimum atomic E-state index is 0.645. The average Bonchev–Trinajstić information content (AvgIpc) is 3.45. The molecule has 2 N–H and O–H groups in total. The van der Waals surface area contributed by atoms with Crippen LogP contribution in [-0.2, 0) is 6.54 Å². The smallest absolute Gasteiger partial charge is 0.191 e. The lowest BCUT2D eigenvalue weighted by molar-refractivity contribution is 0.127. The Morgan fingerprint density at radius 1 is 1.12 bits per heavy atom. The fourth-order valence-corrected chi connectivity index (χ4v) is 3.26. The third-order valence-corrected chi connectivity index (χ3v) is 5.08. The Labute approximate surface area is 146 Å². The van der Waals surface area contributed by atoms with Gasteiger partial charge in [-0.2, -0.15) is 0 Å². The molecule has 1 aliphatic carbocycles. The summed E-state index contributed by atoms with van der Waals surface area (Å²) in [6, 6.07) is 11.4. The number of guanidine groups is 1. The van der Waals surface area contributed by atoms with Crippen molar-refractivity contribution in [2.24, 2.45) is 10.7 Å². The van der Waals surface area contributed by atoms with Crippen LogP contribution in [0.4, 0.5) is 0 Å². The Bertz CT molecular complexity index is 518. The molecule has 0 atom stereocenters. The first kappa shape index (κ1) is 17.2. The van der Waals surface area contributed by atoms with Gasteiger partial charge in [-0.1, -0.05) is 30.3 Å². The summed E-state index contributed by atoms with van der Waals surface area (Å²) in [6.07, 6.45) is 3.62. The van der Waals surface area contributed by atoms with Crippen molar-refractivity contribution in [3.8, 4) is 0 Å². The number of nitrogens with zero attached hydrogens (tertiary/aromatic N) is 4. The van der Waals surface area contributed by atoms with Crippen LogP contribution in [0.3, 0.4) is 0 Å². The second-order valence-electron chi connectivity index (χ2n) is 7.04. The number of rotatable bonds is 7. The molecule has 1 aromatic rings. The van der Waals surface area contributed by atoms with E-state index in [0.29, 0.717) is 12.0 Å². The van der Waals surface area contributed by atoms with Gasteiger partial charge >= 0.3 is 0 Å². The quantitative estimate of drug-likeness (QED) is 0.469. The van der Waals surface area contributed by atoms with Gasteiger partial charge in [0.1, 0.15) is 0 Å². The summed E-state index contributed by atoms with van der Waals surface area (Å²) < 4.78 is 0. The van der Waals surface area contributed by atoms with E-state index in [4.69, 9.17) is 5.73 Å². The largest absolute Gasteiger partial charge is 0.370 e. The van der Waals surface area contributed by atoms with Crippen LogP contribution in [0.25, 0.3) is 0 Å². The molecule has 1 aliphatic heterocycles. The highest BCUT2D eigenvalue weighted by Gasteiger charge is 2.27. The molecule has 5 nitrogen and oxygen atoms in total. The first-order valence-electron chi connectivity index (χ1n) is 9.24. The highest BCUT2D eigenvalue weighted by atomic mass is 15.3. The van der Waals surface area contributed by atoms with Gasteiger partial charge in [0.2, 0.25) is 0 Å². The van der Waals surface area contributed by atoms with Crippen molar-refractivity contribution in [2.45, 2.75) is 31.8 Å². The summed E-state index contributed by atoms with van der Waals surface area (Å²) >= 11 is 0. The predicted octanol–water partition coefficient (Wildman–Crippen LogP) is 1.60. The van der Waals surface area contributed by atoms with Gasteiger partial charge in [-0.15, -0.1) is 0 Å². The SMILES string of the molecule is CN(C(N)=NCCCN1CCN(Cc2ccccc2)CC1)C1CC1. The maximum atomic E-state index is 6.02. The van der Waals surface area contributed by atoms with Crippen LogP contribution in [0.5, 0.6) is 0 Å². The number of benzene rings is 1. The fourth-order valence-electron chi connectivity index (χ4n) is 3.26. The molecule has 132 valence electrons. The van der Waals surface area contributed by atoms with Gasteiger partial charge in [0, 0.05) is 58.9 Å². The molecule has 2 fully saturated rings. The van der Waals surface area contributed by atoms with E-state index in [1.807, 2.05) is 0 Å². The summed E-state index contributed by atoms with van der Waals surface area (Å²) in [5.41, 5.74) is 7.44. The summed E-state index contributed by atoms with van der Waals surface area (Å²) in [4.78, 5) is 11.8. The zero-order valence-electron chi connectivity index (χ0n) is 14.9. The number of hydrogen-bond donors (Lipinski definition) is 1. The molecular weight excluding hydrogens is 298 g/mol. The lowest BCUT2D eigenvalue weighted by Gasteiger charge is -2.34. The van der Waals surface area contributed by atoms with E-state index < -0.39 is 0 Å². The standard InChI is InChI=1S/C19H31N5/c1-22(18-8-9-18)19(20)21-10-5-11-23-12-14-24(15-13-23)16-17-6-3-2-4-7-17/h2-4,6-7,18H,5,8-16H2,1H3,(H2,20,21). The molecule has 0 amide bonds. The molecular formula is C19H31N5. The Balaban J connectivity index is 1.30. The molecule has 1 saturated carbocycles. The lowest BCUT2D eigenvalue weighted by Crippen LogP contribution is -2.46. The van der Waals surface area contributed by atoms with Gasteiger partial charge in [0.15, 0.2) is 5.96 Å². The number of hydrogen-bond acceptors (Lipinski definition) is 3. The van der Waals surface area contributed by atoms with Crippen molar-refractivity contribution in [3.05, 3.63) is 35.9 Å². The van der Waals surface area contributed by atoms with E-state index in [0.717, 1.165) is 52.2 Å². The Hall–Kier alpha value is -1.59. The molecule has 1 saturated heterocycles. The molecule has 24 heavy (non-hydrogen) atoms. The van der Waals surface area contributed by atoms with Gasteiger partial charge in [0.05, 0.1) is 0 Å². The monoisotopic (exact) mass is 329 g/mol. The van der Waals surface area contributed by atoms with Crippen molar-refractivity contribution in [1.82, 2.24) is 14.7 Å². The Kier molecular flexibility index (Phi) is 6.10. The van der Waals surface area contributed by atoms with Gasteiger partial charge < -0.3 is 15.5 Å². The fraction of sp³-hybridized carbons (Fsp3) is 0.632. The van der Waals surface area contributed by atoms with Crippen molar-refractivity contribution >= 4 is 5.96 Å². The Morgan fingerprint density at radius 2 is 1.79 bits per heavy atom. The molecule has 3 rings (SSSR count). The van der Waals surface area contributed by atoms with Crippen LogP contribution in [0.2, 0.25) is 0 Å². The second-order valence-corrected chi connectivity index (χ2v) is 7.04. The van der Waals surface area contributed by atoms with E-state index in [1.54, 1.807) is 0 Å². The van der Waals surface area contributed by atoms with Crippen LogP contribution in [0, 0.1) is 0 Å². The summed E-state index contributed by atoms with van der Waals surface area (Å²) in [5, 5.41) is 0. The Morgan fingerprint density at radius 3 is 2.46 bits per heavy atom. The summed E-state index contributed by atoms with van der Waals surface area (Å²) in [6.45, 7) is 7.68. The predicted molar refractivity (Wildman–Crippen MR) is 100 cm³/mol. The van der Waals surface area contributed by atoms with Crippen LogP contribution < -0.4 is 5.73 Å². The molecule has 0 aromatic heterocycles. The molecule has 1 heterocycles. The summed E-state index contributed by atoms with van der Waals surface area (Å²) in [5.74, 6) is 0.713. The topological polar surface area (TPSA) is 48.1 Å². The third kappa shape index (κ3) is 5.21. The van der Waals surface area contributed by atoms with Crippen molar-refractivity contribution in [2.75, 3.05) is 46.3 Å². The minimum absolute atomic E-state index is 0.645. The average molecular weight is 329 g/mol. The second kappa shape index (κ2) is 8.49. The highest BCUT2D eigenvalue weighted by Crippen LogP contribution is 2.24. The van der Waals surface area contributed by atoms with Gasteiger partial charge in [-0.25, -0.2) is 0 Å². The van der Waals surface area contributed by atoms with E-state index >= 15 is 0 Å².